The molecule has 3 rings (SSSR count). The highest BCUT2D eigenvalue weighted by atomic mass is 35.5. The molecular weight excluding hydrogens is 342 g/mol. The summed E-state index contributed by atoms with van der Waals surface area (Å²) in [5, 5.41) is 14.1. The van der Waals surface area contributed by atoms with E-state index in [1.807, 2.05) is 35.0 Å². The van der Waals surface area contributed by atoms with Gasteiger partial charge >= 0.3 is 5.00 Å². The molecule has 2 aromatic heterocycles. The zero-order valence-electron chi connectivity index (χ0n) is 11.2. The Balaban J connectivity index is 1.76. The van der Waals surface area contributed by atoms with Crippen LogP contribution < -0.4 is 0 Å². The maximum Gasteiger partial charge on any atom is 0.324 e. The zero-order valence-corrected chi connectivity index (χ0v) is 13.6. The van der Waals surface area contributed by atoms with Crippen LogP contribution in [0.25, 0.3) is 5.69 Å². The van der Waals surface area contributed by atoms with Crippen LogP contribution in [-0.2, 0) is 5.75 Å². The molecule has 0 atom stereocenters. The van der Waals surface area contributed by atoms with E-state index >= 15 is 0 Å². The van der Waals surface area contributed by atoms with Crippen LogP contribution in [0.2, 0.25) is 5.02 Å². The van der Waals surface area contributed by atoms with Crippen molar-refractivity contribution in [1.82, 2.24) is 9.55 Å². The van der Waals surface area contributed by atoms with Crippen LogP contribution in [0.5, 0.6) is 0 Å². The van der Waals surface area contributed by atoms with E-state index in [9.17, 15) is 10.1 Å². The highest BCUT2D eigenvalue weighted by Crippen LogP contribution is 2.29. The van der Waals surface area contributed by atoms with Crippen molar-refractivity contribution in [2.75, 3.05) is 0 Å². The van der Waals surface area contributed by atoms with E-state index in [-0.39, 0.29) is 9.92 Å². The number of rotatable bonds is 5. The lowest BCUT2D eigenvalue weighted by Gasteiger charge is -2.07. The first-order valence-corrected chi connectivity index (χ1v) is 8.52. The highest BCUT2D eigenvalue weighted by Gasteiger charge is 2.11. The number of hydrogen-bond donors (Lipinski definition) is 0. The molecule has 8 heteroatoms. The van der Waals surface area contributed by atoms with Crippen molar-refractivity contribution in [3.63, 3.8) is 0 Å². The SMILES string of the molecule is O=[N+]([O-])c1cc(CSc2nccn2-c2cccc(Cl)c2)cs1. The van der Waals surface area contributed by atoms with Crippen molar-refractivity contribution in [2.45, 2.75) is 10.9 Å². The molecule has 0 spiro atoms. The number of halogens is 1. The standard InChI is InChI=1S/C14H10ClN3O2S2/c15-11-2-1-3-12(7-11)17-5-4-16-14(17)22-9-10-6-13(18(19)20)21-8-10/h1-8H,9H2. The van der Waals surface area contributed by atoms with Gasteiger partial charge in [-0.2, -0.15) is 0 Å². The molecule has 22 heavy (non-hydrogen) atoms. The molecule has 0 amide bonds. The molecule has 0 radical (unpaired) electrons. The second-order valence-electron chi connectivity index (χ2n) is 4.40. The van der Waals surface area contributed by atoms with Crippen molar-refractivity contribution < 1.29 is 4.92 Å². The number of thiophene rings is 1. The van der Waals surface area contributed by atoms with Gasteiger partial charge in [0.1, 0.15) is 0 Å². The van der Waals surface area contributed by atoms with Gasteiger partial charge in [-0.15, -0.1) is 0 Å². The molecule has 0 saturated heterocycles. The lowest BCUT2D eigenvalue weighted by Crippen LogP contribution is -1.95. The van der Waals surface area contributed by atoms with Crippen molar-refractivity contribution in [3.05, 3.63) is 68.8 Å². The predicted molar refractivity (Wildman–Crippen MR) is 89.1 cm³/mol. The molecule has 0 aliphatic rings. The Labute approximate surface area is 139 Å². The Morgan fingerprint density at radius 1 is 1.41 bits per heavy atom. The normalized spacial score (nSPS) is 10.8. The van der Waals surface area contributed by atoms with Gasteiger partial charge in [0.15, 0.2) is 5.16 Å². The number of benzene rings is 1. The van der Waals surface area contributed by atoms with Crippen molar-refractivity contribution in [2.24, 2.45) is 0 Å². The van der Waals surface area contributed by atoms with Crippen LogP contribution in [0.15, 0.2) is 53.3 Å². The Morgan fingerprint density at radius 3 is 3.00 bits per heavy atom. The molecule has 0 unspecified atom stereocenters. The third-order valence-electron chi connectivity index (χ3n) is 2.88. The van der Waals surface area contributed by atoms with Gasteiger partial charge in [-0.1, -0.05) is 40.8 Å². The van der Waals surface area contributed by atoms with Crippen LogP contribution in [0, 0.1) is 10.1 Å². The summed E-state index contributed by atoms with van der Waals surface area (Å²) in [6.07, 6.45) is 3.59. The zero-order chi connectivity index (χ0) is 15.5. The van der Waals surface area contributed by atoms with E-state index < -0.39 is 0 Å². The summed E-state index contributed by atoms with van der Waals surface area (Å²) in [4.78, 5) is 14.7. The van der Waals surface area contributed by atoms with Crippen molar-refractivity contribution in [1.29, 1.82) is 0 Å². The number of nitrogens with zero attached hydrogens (tertiary/aromatic N) is 3. The molecular formula is C14H10ClN3O2S2. The van der Waals surface area contributed by atoms with Gasteiger partial charge in [0.05, 0.1) is 4.92 Å². The second-order valence-corrected chi connectivity index (χ2v) is 6.67. The number of nitro groups is 1. The number of hydrogen-bond acceptors (Lipinski definition) is 5. The largest absolute Gasteiger partial charge is 0.324 e. The Kier molecular flexibility index (Phi) is 4.47. The van der Waals surface area contributed by atoms with E-state index in [1.54, 1.807) is 17.6 Å². The second kappa shape index (κ2) is 6.51. The number of thioether (sulfide) groups is 1. The Hall–Kier alpha value is -1.83. The van der Waals surface area contributed by atoms with E-state index in [4.69, 9.17) is 11.6 Å². The topological polar surface area (TPSA) is 61.0 Å². The van der Waals surface area contributed by atoms with Gasteiger partial charge in [-0.25, -0.2) is 4.98 Å². The molecule has 0 N–H and O–H groups in total. The van der Waals surface area contributed by atoms with Gasteiger partial charge in [0.25, 0.3) is 0 Å². The van der Waals surface area contributed by atoms with Gasteiger partial charge in [-0.3, -0.25) is 14.7 Å². The smallest absolute Gasteiger partial charge is 0.295 e. The van der Waals surface area contributed by atoms with Crippen molar-refractivity contribution in [3.8, 4) is 5.69 Å². The third-order valence-corrected chi connectivity index (χ3v) is 5.08. The molecule has 0 aliphatic heterocycles. The summed E-state index contributed by atoms with van der Waals surface area (Å²) in [7, 11) is 0. The van der Waals surface area contributed by atoms with Gasteiger partial charge in [0.2, 0.25) is 0 Å². The lowest BCUT2D eigenvalue weighted by molar-refractivity contribution is -0.380. The van der Waals surface area contributed by atoms with E-state index in [0.29, 0.717) is 10.8 Å². The van der Waals surface area contributed by atoms with Crippen LogP contribution in [0.1, 0.15) is 5.56 Å². The summed E-state index contributed by atoms with van der Waals surface area (Å²) in [5.74, 6) is 0.627. The van der Waals surface area contributed by atoms with E-state index in [0.717, 1.165) is 27.7 Å². The minimum Gasteiger partial charge on any atom is -0.295 e. The molecule has 0 bridgehead atoms. The lowest BCUT2D eigenvalue weighted by atomic mass is 10.3. The first kappa shape index (κ1) is 15.1. The van der Waals surface area contributed by atoms with E-state index in [1.165, 1.54) is 11.8 Å². The molecule has 3 aromatic rings. The average molecular weight is 352 g/mol. The van der Waals surface area contributed by atoms with Crippen LogP contribution in [-0.4, -0.2) is 14.5 Å². The van der Waals surface area contributed by atoms with Gasteiger partial charge in [-0.05, 0) is 23.8 Å². The summed E-state index contributed by atoms with van der Waals surface area (Å²) in [6, 6.07) is 9.12. The molecule has 2 heterocycles. The van der Waals surface area contributed by atoms with Crippen LogP contribution in [0.4, 0.5) is 5.00 Å². The summed E-state index contributed by atoms with van der Waals surface area (Å²) >= 11 is 8.68. The first-order valence-electron chi connectivity index (χ1n) is 6.27. The number of aromatic nitrogens is 2. The summed E-state index contributed by atoms with van der Waals surface area (Å²) < 4.78 is 1.94. The van der Waals surface area contributed by atoms with Gasteiger partial charge in [0, 0.05) is 40.3 Å². The fourth-order valence-electron chi connectivity index (χ4n) is 1.90. The average Bonchev–Trinajstić information content (AvgIpc) is 3.14. The highest BCUT2D eigenvalue weighted by molar-refractivity contribution is 7.98. The van der Waals surface area contributed by atoms with E-state index in [2.05, 4.69) is 4.98 Å². The monoisotopic (exact) mass is 351 g/mol. The minimum absolute atomic E-state index is 0.161. The van der Waals surface area contributed by atoms with Crippen LogP contribution in [0.3, 0.4) is 0 Å². The fourth-order valence-corrected chi connectivity index (χ4v) is 3.82. The number of imidazole rings is 1. The maximum atomic E-state index is 10.7. The predicted octanol–water partition coefficient (Wildman–Crippen LogP) is 4.79. The van der Waals surface area contributed by atoms with Crippen molar-refractivity contribution >= 4 is 39.7 Å². The molecule has 0 aliphatic carbocycles. The quantitative estimate of drug-likeness (QED) is 0.377. The fraction of sp³-hybridized carbons (Fsp3) is 0.0714. The molecule has 0 fully saturated rings. The molecule has 0 saturated carbocycles. The first-order chi connectivity index (χ1) is 10.6. The molecule has 5 nitrogen and oxygen atoms in total. The van der Waals surface area contributed by atoms with Crippen LogP contribution >= 0.6 is 34.7 Å². The molecule has 1 aromatic carbocycles. The third kappa shape index (κ3) is 3.32. The Bertz CT molecular complexity index is 816. The Morgan fingerprint density at radius 2 is 2.27 bits per heavy atom. The maximum absolute atomic E-state index is 10.7. The summed E-state index contributed by atoms with van der Waals surface area (Å²) in [5.41, 5.74) is 1.85. The minimum atomic E-state index is -0.369. The molecule has 112 valence electrons. The summed E-state index contributed by atoms with van der Waals surface area (Å²) in [6.45, 7) is 0. The van der Waals surface area contributed by atoms with Gasteiger partial charge < -0.3 is 0 Å².